The van der Waals surface area contributed by atoms with Gasteiger partial charge in [0.05, 0.1) is 23.5 Å². The van der Waals surface area contributed by atoms with Gasteiger partial charge in [-0.05, 0) is 12.1 Å². The van der Waals surface area contributed by atoms with Crippen molar-refractivity contribution in [3.8, 4) is 5.75 Å². The van der Waals surface area contributed by atoms with Crippen LogP contribution in [0.1, 0.15) is 22.0 Å². The van der Waals surface area contributed by atoms with Gasteiger partial charge in [-0.15, -0.1) is 0 Å². The van der Waals surface area contributed by atoms with E-state index in [9.17, 15) is 4.79 Å². The molecule has 1 aromatic heterocycles. The van der Waals surface area contributed by atoms with Crippen LogP contribution in [0.5, 0.6) is 5.75 Å². The van der Waals surface area contributed by atoms with Crippen LogP contribution in [0.4, 0.5) is 5.69 Å². The zero-order valence-electron chi connectivity index (χ0n) is 11.1. The molecule has 0 aliphatic carbocycles. The molecule has 0 spiro atoms. The zero-order valence-corrected chi connectivity index (χ0v) is 11.1. The molecule has 1 aromatic carbocycles. The predicted molar refractivity (Wildman–Crippen MR) is 75.9 cm³/mol. The highest BCUT2D eigenvalue weighted by atomic mass is 16.5. The Labute approximate surface area is 117 Å². The van der Waals surface area contributed by atoms with Crippen LogP contribution in [0, 0.1) is 0 Å². The minimum atomic E-state index is -0.137. The Balaban J connectivity index is 1.81. The highest BCUT2D eigenvalue weighted by Gasteiger charge is 2.26. The van der Waals surface area contributed by atoms with Gasteiger partial charge >= 0.3 is 0 Å². The van der Waals surface area contributed by atoms with Gasteiger partial charge in [-0.1, -0.05) is 18.2 Å². The van der Waals surface area contributed by atoms with E-state index in [4.69, 9.17) is 4.74 Å². The van der Waals surface area contributed by atoms with Crippen molar-refractivity contribution in [1.82, 2.24) is 10.3 Å². The first-order valence-electron chi connectivity index (χ1n) is 6.44. The molecule has 0 bridgehead atoms. The Hall–Kier alpha value is -2.56. The molecular weight excluding hydrogens is 254 g/mol. The minimum Gasteiger partial charge on any atom is -0.491 e. The normalized spacial score (nSPS) is 16.1. The van der Waals surface area contributed by atoms with Crippen molar-refractivity contribution in [3.63, 3.8) is 0 Å². The number of nitrogens with zero attached hydrogens (tertiary/aromatic N) is 1. The quantitative estimate of drug-likeness (QED) is 0.894. The van der Waals surface area contributed by atoms with E-state index >= 15 is 0 Å². The summed E-state index contributed by atoms with van der Waals surface area (Å²) in [5.41, 5.74) is 2.30. The molecule has 0 radical (unpaired) electrons. The third-order valence-electron chi connectivity index (χ3n) is 3.34. The second-order valence-electron chi connectivity index (χ2n) is 4.55. The number of anilines is 1. The maximum Gasteiger partial charge on any atom is 0.254 e. The number of ether oxygens (including phenoxy) is 1. The molecular formula is C15H15N3O2. The van der Waals surface area contributed by atoms with Crippen molar-refractivity contribution in [2.75, 3.05) is 19.0 Å². The van der Waals surface area contributed by atoms with Gasteiger partial charge in [0.2, 0.25) is 0 Å². The number of fused-ring (bicyclic) bond motifs is 1. The van der Waals surface area contributed by atoms with E-state index in [0.717, 1.165) is 11.3 Å². The van der Waals surface area contributed by atoms with Crippen molar-refractivity contribution in [2.45, 2.75) is 6.04 Å². The average molecular weight is 269 g/mol. The largest absolute Gasteiger partial charge is 0.491 e. The molecule has 0 saturated carbocycles. The van der Waals surface area contributed by atoms with Crippen LogP contribution >= 0.6 is 0 Å². The summed E-state index contributed by atoms with van der Waals surface area (Å²) in [5.74, 6) is 0.698. The monoisotopic (exact) mass is 269 g/mol. The number of amides is 1. The second-order valence-corrected chi connectivity index (χ2v) is 4.55. The summed E-state index contributed by atoms with van der Waals surface area (Å²) in [4.78, 5) is 16.4. The lowest BCUT2D eigenvalue weighted by Gasteiger charge is -2.13. The molecule has 1 atom stereocenters. The maximum absolute atomic E-state index is 12.4. The maximum atomic E-state index is 12.4. The molecule has 1 aliphatic heterocycles. The van der Waals surface area contributed by atoms with E-state index in [0.29, 0.717) is 17.9 Å². The summed E-state index contributed by atoms with van der Waals surface area (Å²) < 4.78 is 5.56. The smallest absolute Gasteiger partial charge is 0.254 e. The highest BCUT2D eigenvalue weighted by molar-refractivity contribution is 5.99. The lowest BCUT2D eigenvalue weighted by Crippen LogP contribution is -2.30. The highest BCUT2D eigenvalue weighted by Crippen LogP contribution is 2.32. The molecule has 1 aliphatic rings. The van der Waals surface area contributed by atoms with Gasteiger partial charge in [0.25, 0.3) is 5.91 Å². The molecule has 1 unspecified atom stereocenters. The number of aromatic nitrogens is 1. The van der Waals surface area contributed by atoms with Gasteiger partial charge in [0, 0.05) is 18.8 Å². The third kappa shape index (κ3) is 2.18. The van der Waals surface area contributed by atoms with E-state index in [1.807, 2.05) is 24.3 Å². The molecule has 0 fully saturated rings. The Morgan fingerprint density at radius 2 is 2.20 bits per heavy atom. The zero-order chi connectivity index (χ0) is 13.9. The third-order valence-corrected chi connectivity index (χ3v) is 3.34. The molecule has 1 amide bonds. The number of para-hydroxylation sites is 1. The number of pyridine rings is 1. The van der Waals surface area contributed by atoms with Crippen LogP contribution in [-0.4, -0.2) is 24.5 Å². The lowest BCUT2D eigenvalue weighted by molar-refractivity contribution is 0.0931. The summed E-state index contributed by atoms with van der Waals surface area (Å²) in [6, 6.07) is 9.33. The van der Waals surface area contributed by atoms with Gasteiger partial charge < -0.3 is 15.4 Å². The van der Waals surface area contributed by atoms with Crippen LogP contribution in [0.2, 0.25) is 0 Å². The Bertz CT molecular complexity index is 643. The van der Waals surface area contributed by atoms with Gasteiger partial charge in [0.15, 0.2) is 0 Å². The number of nitrogens with one attached hydrogen (secondary N) is 2. The fourth-order valence-electron chi connectivity index (χ4n) is 2.31. The van der Waals surface area contributed by atoms with Crippen LogP contribution in [0.3, 0.4) is 0 Å². The molecule has 2 heterocycles. The molecule has 3 rings (SSSR count). The van der Waals surface area contributed by atoms with Gasteiger partial charge in [0.1, 0.15) is 12.4 Å². The van der Waals surface area contributed by atoms with E-state index in [-0.39, 0.29) is 11.9 Å². The van der Waals surface area contributed by atoms with E-state index < -0.39 is 0 Å². The second kappa shape index (κ2) is 5.21. The standard InChI is InChI=1S/C15H15N3O2/c1-16-12-8-17-7-6-11(12)15(19)18-13-9-20-14-5-3-2-4-10(13)14/h2-8,13,16H,9H2,1H3,(H,18,19). The number of hydrogen-bond donors (Lipinski definition) is 2. The van der Waals surface area contributed by atoms with Gasteiger partial charge in [-0.25, -0.2) is 0 Å². The summed E-state index contributed by atoms with van der Waals surface area (Å²) in [7, 11) is 1.77. The van der Waals surface area contributed by atoms with Crippen molar-refractivity contribution in [3.05, 3.63) is 53.9 Å². The summed E-state index contributed by atoms with van der Waals surface area (Å²) in [6.45, 7) is 0.463. The number of rotatable bonds is 3. The number of carbonyl (C=O) groups excluding carboxylic acids is 1. The van der Waals surface area contributed by atoms with E-state index in [1.165, 1.54) is 0 Å². The fourth-order valence-corrected chi connectivity index (χ4v) is 2.31. The Kier molecular flexibility index (Phi) is 3.25. The van der Waals surface area contributed by atoms with Crippen LogP contribution < -0.4 is 15.4 Å². The minimum absolute atomic E-state index is 0.114. The SMILES string of the molecule is CNc1cnccc1C(=O)NC1COc2ccccc21. The first kappa shape index (κ1) is 12.5. The fraction of sp³-hybridized carbons (Fsp3) is 0.200. The predicted octanol–water partition coefficient (Wildman–Crippen LogP) is 1.99. The average Bonchev–Trinajstić information content (AvgIpc) is 2.90. The molecule has 5 nitrogen and oxygen atoms in total. The van der Waals surface area contributed by atoms with Crippen LogP contribution in [0.15, 0.2) is 42.7 Å². The van der Waals surface area contributed by atoms with Crippen molar-refractivity contribution in [1.29, 1.82) is 0 Å². The Morgan fingerprint density at radius 1 is 1.35 bits per heavy atom. The van der Waals surface area contributed by atoms with E-state index in [2.05, 4.69) is 15.6 Å². The molecule has 2 N–H and O–H groups in total. The van der Waals surface area contributed by atoms with Gasteiger partial charge in [-0.3, -0.25) is 9.78 Å². The lowest BCUT2D eigenvalue weighted by atomic mass is 10.1. The van der Waals surface area contributed by atoms with Gasteiger partial charge in [-0.2, -0.15) is 0 Å². The van der Waals surface area contributed by atoms with Crippen molar-refractivity contribution >= 4 is 11.6 Å². The van der Waals surface area contributed by atoms with Crippen LogP contribution in [-0.2, 0) is 0 Å². The van der Waals surface area contributed by atoms with Crippen molar-refractivity contribution in [2.24, 2.45) is 0 Å². The molecule has 2 aromatic rings. The number of benzene rings is 1. The van der Waals surface area contributed by atoms with Crippen LogP contribution in [0.25, 0.3) is 0 Å². The van der Waals surface area contributed by atoms with E-state index in [1.54, 1.807) is 25.5 Å². The first-order valence-corrected chi connectivity index (χ1v) is 6.44. The number of carbonyl (C=O) groups is 1. The summed E-state index contributed by atoms with van der Waals surface area (Å²) >= 11 is 0. The first-order chi connectivity index (χ1) is 9.79. The summed E-state index contributed by atoms with van der Waals surface area (Å²) in [6.07, 6.45) is 3.24. The van der Waals surface area contributed by atoms with Crippen molar-refractivity contribution < 1.29 is 9.53 Å². The Morgan fingerprint density at radius 3 is 3.05 bits per heavy atom. The number of hydrogen-bond acceptors (Lipinski definition) is 4. The molecule has 0 saturated heterocycles. The topological polar surface area (TPSA) is 63.2 Å². The molecule has 20 heavy (non-hydrogen) atoms. The molecule has 102 valence electrons. The molecule has 5 heteroatoms. The summed E-state index contributed by atoms with van der Waals surface area (Å²) in [5, 5.41) is 5.96.